The van der Waals surface area contributed by atoms with Crippen LogP contribution in [0.2, 0.25) is 0 Å². The van der Waals surface area contributed by atoms with E-state index in [1.807, 2.05) is 30.3 Å². The summed E-state index contributed by atoms with van der Waals surface area (Å²) < 4.78 is 31.6. The Morgan fingerprint density at radius 2 is 1.87 bits per heavy atom. The third kappa shape index (κ3) is 5.03. The second-order valence-corrected chi connectivity index (χ2v) is 8.45. The molecule has 0 bridgehead atoms. The normalized spacial score (nSPS) is 13.2. The largest absolute Gasteiger partial charge is 0.452 e. The number of esters is 1. The molecule has 1 aliphatic heterocycles. The van der Waals surface area contributed by atoms with Crippen molar-refractivity contribution in [1.29, 1.82) is 5.26 Å². The van der Waals surface area contributed by atoms with Gasteiger partial charge in [-0.15, -0.1) is 0 Å². The molecule has 0 aliphatic carbocycles. The Labute approximate surface area is 175 Å². The van der Waals surface area contributed by atoms with Gasteiger partial charge in [-0.3, -0.25) is 4.79 Å². The predicted octanol–water partition coefficient (Wildman–Crippen LogP) is 2.01. The summed E-state index contributed by atoms with van der Waals surface area (Å²) in [5.41, 5.74) is 2.06. The van der Waals surface area contributed by atoms with Gasteiger partial charge < -0.3 is 9.64 Å². The molecule has 2 aromatic carbocycles. The van der Waals surface area contributed by atoms with E-state index in [1.165, 1.54) is 24.3 Å². The maximum atomic E-state index is 12.5. The molecule has 9 heteroatoms. The van der Waals surface area contributed by atoms with Crippen LogP contribution in [-0.2, 0) is 26.0 Å². The lowest BCUT2D eigenvalue weighted by molar-refractivity contribution is -0.121. The number of rotatable bonds is 7. The molecule has 1 aliphatic rings. The Balaban J connectivity index is 1.59. The molecule has 3 rings (SSSR count). The molecule has 2 aromatic rings. The summed E-state index contributed by atoms with van der Waals surface area (Å²) in [5.74, 6) is -1.02. The van der Waals surface area contributed by atoms with Crippen molar-refractivity contribution in [3.8, 4) is 6.07 Å². The lowest BCUT2D eigenvalue weighted by Crippen LogP contribution is -2.38. The van der Waals surface area contributed by atoms with E-state index in [4.69, 9.17) is 10.00 Å². The molecule has 1 N–H and O–H groups in total. The fourth-order valence-corrected chi connectivity index (χ4v) is 4.21. The molecule has 0 radical (unpaired) electrons. The minimum absolute atomic E-state index is 0.00433. The van der Waals surface area contributed by atoms with Crippen molar-refractivity contribution in [2.24, 2.45) is 0 Å². The average molecular weight is 427 g/mol. The topological polar surface area (TPSA) is 117 Å². The molecule has 0 aromatic heterocycles. The van der Waals surface area contributed by atoms with Crippen molar-refractivity contribution in [3.05, 3.63) is 59.7 Å². The molecule has 1 heterocycles. The zero-order valence-electron chi connectivity index (χ0n) is 16.2. The van der Waals surface area contributed by atoms with Crippen LogP contribution in [0.1, 0.15) is 28.8 Å². The van der Waals surface area contributed by atoms with Crippen molar-refractivity contribution in [2.45, 2.75) is 24.2 Å². The van der Waals surface area contributed by atoms with Gasteiger partial charge in [0, 0.05) is 25.2 Å². The van der Waals surface area contributed by atoms with Crippen molar-refractivity contribution in [3.63, 3.8) is 0 Å². The number of carbonyl (C=O) groups excluding carboxylic acids is 2. The van der Waals surface area contributed by atoms with Gasteiger partial charge >= 0.3 is 5.97 Å². The van der Waals surface area contributed by atoms with E-state index in [2.05, 4.69) is 4.72 Å². The van der Waals surface area contributed by atoms with E-state index in [1.54, 1.807) is 4.90 Å². The van der Waals surface area contributed by atoms with Crippen molar-refractivity contribution >= 4 is 27.6 Å². The van der Waals surface area contributed by atoms with Gasteiger partial charge in [-0.2, -0.15) is 5.26 Å². The third-order valence-electron chi connectivity index (χ3n) is 4.67. The van der Waals surface area contributed by atoms with Crippen LogP contribution in [0.4, 0.5) is 5.69 Å². The fourth-order valence-electron chi connectivity index (χ4n) is 3.18. The minimum atomic E-state index is -3.76. The first-order chi connectivity index (χ1) is 14.4. The minimum Gasteiger partial charge on any atom is -0.452 e. The lowest BCUT2D eigenvalue weighted by Gasteiger charge is -2.29. The number of hydrogen-bond donors (Lipinski definition) is 1. The third-order valence-corrected chi connectivity index (χ3v) is 6.14. The highest BCUT2D eigenvalue weighted by Gasteiger charge is 2.23. The van der Waals surface area contributed by atoms with Crippen molar-refractivity contribution in [1.82, 2.24) is 4.72 Å². The monoisotopic (exact) mass is 427 g/mol. The Morgan fingerprint density at radius 3 is 2.60 bits per heavy atom. The zero-order valence-corrected chi connectivity index (χ0v) is 17.0. The predicted molar refractivity (Wildman–Crippen MR) is 109 cm³/mol. The number of aryl methyl sites for hydroxylation is 1. The van der Waals surface area contributed by atoms with Crippen LogP contribution in [0.25, 0.3) is 0 Å². The van der Waals surface area contributed by atoms with Gasteiger partial charge in [0.05, 0.1) is 16.5 Å². The van der Waals surface area contributed by atoms with E-state index in [-0.39, 0.29) is 29.3 Å². The number of ether oxygens (including phenoxy) is 1. The van der Waals surface area contributed by atoms with E-state index in [9.17, 15) is 18.0 Å². The number of nitriles is 1. The number of nitrogens with one attached hydrogen (secondary N) is 1. The van der Waals surface area contributed by atoms with Crippen LogP contribution in [0.5, 0.6) is 0 Å². The first-order valence-electron chi connectivity index (χ1n) is 9.44. The summed E-state index contributed by atoms with van der Waals surface area (Å²) in [6, 6.07) is 14.7. The molecule has 1 amide bonds. The number of sulfonamides is 1. The maximum absolute atomic E-state index is 12.5. The molecule has 0 fully saturated rings. The van der Waals surface area contributed by atoms with Gasteiger partial charge in [0.1, 0.15) is 0 Å². The molecule has 156 valence electrons. The number of nitrogens with zero attached hydrogens (tertiary/aromatic N) is 2. The van der Waals surface area contributed by atoms with Gasteiger partial charge in [0.25, 0.3) is 5.91 Å². The second-order valence-electron chi connectivity index (χ2n) is 6.68. The summed E-state index contributed by atoms with van der Waals surface area (Å²) in [7, 11) is -3.76. The molecular weight excluding hydrogens is 406 g/mol. The Hall–Kier alpha value is -3.22. The van der Waals surface area contributed by atoms with Gasteiger partial charge in [-0.05, 0) is 48.7 Å². The van der Waals surface area contributed by atoms with Gasteiger partial charge in [-0.1, -0.05) is 18.2 Å². The standard InChI is InChI=1S/C21H21N3O5S/c22-12-4-13-23-30(27,28)18-10-8-17(9-11-18)21(26)29-15-20(25)24-14-3-6-16-5-1-2-7-19(16)24/h1-2,5,7-11,23H,3-4,6,13-15H2. The fraction of sp³-hybridized carbons (Fsp3) is 0.286. The van der Waals surface area contributed by atoms with Gasteiger partial charge in [0.2, 0.25) is 10.0 Å². The highest BCUT2D eigenvalue weighted by molar-refractivity contribution is 7.89. The van der Waals surface area contributed by atoms with Crippen molar-refractivity contribution in [2.75, 3.05) is 24.6 Å². The number of para-hydroxylation sites is 1. The number of carbonyl (C=O) groups is 2. The van der Waals surface area contributed by atoms with Crippen LogP contribution in [0, 0.1) is 11.3 Å². The van der Waals surface area contributed by atoms with Crippen LogP contribution in [-0.4, -0.2) is 40.0 Å². The summed E-state index contributed by atoms with van der Waals surface area (Å²) in [5, 5.41) is 8.49. The SMILES string of the molecule is N#CCCNS(=O)(=O)c1ccc(C(=O)OCC(=O)N2CCCc3ccccc32)cc1. The number of anilines is 1. The summed E-state index contributed by atoms with van der Waals surface area (Å²) in [6.45, 7) is 0.173. The second kappa shape index (κ2) is 9.52. The average Bonchev–Trinajstić information content (AvgIpc) is 2.77. The molecule has 30 heavy (non-hydrogen) atoms. The summed E-state index contributed by atoms with van der Waals surface area (Å²) in [4.78, 5) is 26.4. The smallest absolute Gasteiger partial charge is 0.338 e. The quantitative estimate of drug-likeness (QED) is 0.534. The van der Waals surface area contributed by atoms with Gasteiger partial charge in [-0.25, -0.2) is 17.9 Å². The number of amides is 1. The Bertz CT molecular complexity index is 1070. The molecule has 0 spiro atoms. The number of benzene rings is 2. The van der Waals surface area contributed by atoms with Crippen LogP contribution in [0.15, 0.2) is 53.4 Å². The maximum Gasteiger partial charge on any atom is 0.338 e. The highest BCUT2D eigenvalue weighted by Crippen LogP contribution is 2.26. The molecule has 0 atom stereocenters. The van der Waals surface area contributed by atoms with Crippen LogP contribution >= 0.6 is 0 Å². The van der Waals surface area contributed by atoms with E-state index in [0.29, 0.717) is 6.54 Å². The molecule has 0 saturated carbocycles. The zero-order chi connectivity index (χ0) is 21.6. The Kier molecular flexibility index (Phi) is 6.82. The van der Waals surface area contributed by atoms with Crippen LogP contribution in [0.3, 0.4) is 0 Å². The molecule has 0 saturated heterocycles. The van der Waals surface area contributed by atoms with Crippen LogP contribution < -0.4 is 9.62 Å². The van der Waals surface area contributed by atoms with Gasteiger partial charge in [0.15, 0.2) is 6.61 Å². The van der Waals surface area contributed by atoms with E-state index < -0.39 is 22.6 Å². The molecule has 8 nitrogen and oxygen atoms in total. The number of fused-ring (bicyclic) bond motifs is 1. The van der Waals surface area contributed by atoms with E-state index >= 15 is 0 Å². The molecule has 0 unspecified atom stereocenters. The lowest BCUT2D eigenvalue weighted by atomic mass is 10.0. The highest BCUT2D eigenvalue weighted by atomic mass is 32.2. The number of hydrogen-bond acceptors (Lipinski definition) is 6. The molecular formula is C21H21N3O5S. The Morgan fingerprint density at radius 1 is 1.13 bits per heavy atom. The van der Waals surface area contributed by atoms with E-state index in [0.717, 1.165) is 24.1 Å². The first kappa shape index (κ1) is 21.5. The van der Waals surface area contributed by atoms with Crippen molar-refractivity contribution < 1.29 is 22.7 Å². The first-order valence-corrected chi connectivity index (χ1v) is 10.9. The summed E-state index contributed by atoms with van der Waals surface area (Å²) >= 11 is 0. The summed E-state index contributed by atoms with van der Waals surface area (Å²) in [6.07, 6.45) is 1.80.